The zero-order valence-electron chi connectivity index (χ0n) is 27.9. The lowest BCUT2D eigenvalue weighted by molar-refractivity contribution is 0.00665. The fraction of sp³-hybridized carbons (Fsp3) is 0.788. The normalized spacial score (nSPS) is 18.9. The minimum Gasteiger partial charge on any atom is -0.444 e. The molecule has 3 rings (SSSR count). The fourth-order valence-corrected chi connectivity index (χ4v) is 6.87. The lowest BCUT2D eigenvalue weighted by Gasteiger charge is -2.47. The van der Waals surface area contributed by atoms with Crippen molar-refractivity contribution in [1.29, 1.82) is 0 Å². The molecule has 1 aromatic carbocycles. The van der Waals surface area contributed by atoms with Crippen LogP contribution >= 0.6 is 0 Å². The third kappa shape index (κ3) is 9.28. The van der Waals surface area contributed by atoms with Gasteiger partial charge in [0.1, 0.15) is 5.60 Å². The van der Waals surface area contributed by atoms with Gasteiger partial charge in [0.15, 0.2) is 8.32 Å². The van der Waals surface area contributed by atoms with E-state index in [2.05, 4.69) is 70.1 Å². The molecular formula is C33H60N4O3Si. The number of anilines is 3. The van der Waals surface area contributed by atoms with Crippen molar-refractivity contribution in [3.05, 3.63) is 17.7 Å². The average molecular weight is 589 g/mol. The van der Waals surface area contributed by atoms with Gasteiger partial charge in [-0.25, -0.2) is 4.79 Å². The summed E-state index contributed by atoms with van der Waals surface area (Å²) < 4.78 is 12.0. The molecule has 2 heterocycles. The first-order valence-electron chi connectivity index (χ1n) is 15.9. The third-order valence-electron chi connectivity index (χ3n) is 9.76. The number of benzene rings is 1. The Bertz CT molecular complexity index is 1010. The number of nitrogens with two attached hydrogens (primary N) is 1. The number of rotatable bonds is 9. The van der Waals surface area contributed by atoms with Crippen LogP contribution in [0.2, 0.25) is 18.1 Å². The third-order valence-corrected chi connectivity index (χ3v) is 14.3. The van der Waals surface area contributed by atoms with E-state index in [0.717, 1.165) is 89.2 Å². The van der Waals surface area contributed by atoms with Crippen LogP contribution in [0.4, 0.5) is 21.9 Å². The molecule has 0 aliphatic carbocycles. The number of nitrogens with zero attached hydrogens (tertiary/aromatic N) is 2. The van der Waals surface area contributed by atoms with Gasteiger partial charge in [0.25, 0.3) is 0 Å². The van der Waals surface area contributed by atoms with Gasteiger partial charge < -0.3 is 30.0 Å². The molecule has 2 fully saturated rings. The van der Waals surface area contributed by atoms with Crippen LogP contribution in [0.5, 0.6) is 0 Å². The number of carbonyl (C=O) groups is 1. The summed E-state index contributed by atoms with van der Waals surface area (Å²) >= 11 is 0. The molecule has 0 saturated carbocycles. The maximum atomic E-state index is 12.5. The van der Waals surface area contributed by atoms with E-state index >= 15 is 0 Å². The van der Waals surface area contributed by atoms with Crippen molar-refractivity contribution in [2.24, 2.45) is 11.3 Å². The Morgan fingerprint density at radius 3 is 2.20 bits per heavy atom. The second-order valence-electron chi connectivity index (χ2n) is 15.4. The van der Waals surface area contributed by atoms with Crippen molar-refractivity contribution in [2.75, 3.05) is 55.3 Å². The quantitative estimate of drug-likeness (QED) is 0.173. The van der Waals surface area contributed by atoms with Gasteiger partial charge in [0, 0.05) is 45.0 Å². The Hall–Kier alpha value is -1.93. The molecule has 0 unspecified atom stereocenters. The molecule has 7 nitrogen and oxygen atoms in total. The summed E-state index contributed by atoms with van der Waals surface area (Å²) in [6.07, 6.45) is 6.51. The maximum absolute atomic E-state index is 12.5. The van der Waals surface area contributed by atoms with Crippen molar-refractivity contribution in [2.45, 2.75) is 118 Å². The number of hydrogen-bond acceptors (Lipinski definition) is 6. The lowest BCUT2D eigenvalue weighted by atomic mass is 9.71. The minimum absolute atomic E-state index is 0.170. The molecular weight excluding hydrogens is 528 g/mol. The van der Waals surface area contributed by atoms with Crippen LogP contribution in [0.25, 0.3) is 0 Å². The number of aryl methyl sites for hydroxylation is 1. The number of nitrogens with one attached hydrogen (secondary N) is 1. The van der Waals surface area contributed by atoms with Gasteiger partial charge in [-0.2, -0.15) is 0 Å². The standard InChI is InChI=1S/C33H60N4O3Si/c1-25(12-11-21-39-41(9,10)32(6,7)8)24-35-28-23-29(26(2)22-27(28)34)36-17-13-33(14-18-36)15-19-37(20-16-33)30(38)40-31(3,4)5/h22-23,25,35H,11-21,24,34H2,1-10H3/t25-/m1/s1. The highest BCUT2D eigenvalue weighted by Gasteiger charge is 2.40. The number of ether oxygens (including phenoxy) is 1. The molecule has 41 heavy (non-hydrogen) atoms. The van der Waals surface area contributed by atoms with Crippen molar-refractivity contribution in [1.82, 2.24) is 4.90 Å². The second-order valence-corrected chi connectivity index (χ2v) is 20.2. The highest BCUT2D eigenvalue weighted by atomic mass is 28.4. The molecule has 0 aromatic heterocycles. The first kappa shape index (κ1) is 33.6. The molecule has 0 radical (unpaired) electrons. The van der Waals surface area contributed by atoms with Gasteiger partial charge in [-0.3, -0.25) is 0 Å². The van der Waals surface area contributed by atoms with Gasteiger partial charge in [-0.1, -0.05) is 27.7 Å². The summed E-state index contributed by atoms with van der Waals surface area (Å²) in [5, 5.41) is 3.92. The summed E-state index contributed by atoms with van der Waals surface area (Å²) in [5.41, 5.74) is 10.7. The van der Waals surface area contributed by atoms with Crippen molar-refractivity contribution >= 4 is 31.5 Å². The molecule has 2 aliphatic rings. The van der Waals surface area contributed by atoms with E-state index in [4.69, 9.17) is 14.9 Å². The first-order chi connectivity index (χ1) is 18.9. The van der Waals surface area contributed by atoms with E-state index in [1.807, 2.05) is 25.7 Å². The number of amides is 1. The van der Waals surface area contributed by atoms with Crippen LogP contribution in [0.1, 0.15) is 92.6 Å². The average Bonchev–Trinajstić information content (AvgIpc) is 2.85. The van der Waals surface area contributed by atoms with E-state index in [0.29, 0.717) is 11.3 Å². The number of hydrogen-bond donors (Lipinski definition) is 2. The summed E-state index contributed by atoms with van der Waals surface area (Å²) in [4.78, 5) is 17.0. The van der Waals surface area contributed by atoms with Crippen molar-refractivity contribution in [3.8, 4) is 0 Å². The van der Waals surface area contributed by atoms with Gasteiger partial charge in [0.2, 0.25) is 0 Å². The SMILES string of the molecule is Cc1cc(N)c(NC[C@H](C)CCCO[Si](C)(C)C(C)(C)C)cc1N1CCC2(CCN(C(=O)OC(C)(C)C)CC2)CC1. The molecule has 1 aromatic rings. The number of piperidine rings is 2. The van der Waals surface area contributed by atoms with Gasteiger partial charge in [-0.05, 0) is 113 Å². The van der Waals surface area contributed by atoms with E-state index in [1.165, 1.54) is 11.3 Å². The Balaban J connectivity index is 1.49. The molecule has 2 aliphatic heterocycles. The van der Waals surface area contributed by atoms with Gasteiger partial charge >= 0.3 is 6.09 Å². The predicted octanol–water partition coefficient (Wildman–Crippen LogP) is 8.04. The predicted molar refractivity (Wildman–Crippen MR) is 177 cm³/mol. The van der Waals surface area contributed by atoms with E-state index in [1.54, 1.807) is 0 Å². The van der Waals surface area contributed by atoms with Crippen LogP contribution in [0.3, 0.4) is 0 Å². The molecule has 1 amide bonds. The number of likely N-dealkylation sites (tertiary alicyclic amines) is 1. The molecule has 1 atom stereocenters. The van der Waals surface area contributed by atoms with E-state index in [-0.39, 0.29) is 11.1 Å². The zero-order chi connectivity index (χ0) is 30.6. The highest BCUT2D eigenvalue weighted by Crippen LogP contribution is 2.43. The van der Waals surface area contributed by atoms with E-state index in [9.17, 15) is 4.79 Å². The number of carbonyl (C=O) groups excluding carboxylic acids is 1. The minimum atomic E-state index is -1.67. The van der Waals surface area contributed by atoms with Crippen LogP contribution in [0.15, 0.2) is 12.1 Å². The summed E-state index contributed by atoms with van der Waals surface area (Å²) in [5.74, 6) is 0.545. The molecule has 234 valence electrons. The van der Waals surface area contributed by atoms with Crippen LogP contribution in [-0.4, -0.2) is 64.2 Å². The van der Waals surface area contributed by atoms with E-state index < -0.39 is 13.9 Å². The molecule has 0 bridgehead atoms. The molecule has 8 heteroatoms. The Morgan fingerprint density at radius 1 is 1.05 bits per heavy atom. The fourth-order valence-electron chi connectivity index (χ4n) is 5.79. The second kappa shape index (κ2) is 13.1. The Labute approximate surface area is 252 Å². The summed E-state index contributed by atoms with van der Waals surface area (Å²) in [7, 11) is -1.67. The Kier molecular flexibility index (Phi) is 10.8. The van der Waals surface area contributed by atoms with Gasteiger partial charge in [0.05, 0.1) is 11.4 Å². The summed E-state index contributed by atoms with van der Waals surface area (Å²) in [6.45, 7) is 27.3. The van der Waals surface area contributed by atoms with Gasteiger partial charge in [-0.15, -0.1) is 0 Å². The monoisotopic (exact) mass is 588 g/mol. The summed E-state index contributed by atoms with van der Waals surface area (Å²) in [6, 6.07) is 4.39. The van der Waals surface area contributed by atoms with Crippen molar-refractivity contribution < 1.29 is 14.0 Å². The lowest BCUT2D eigenvalue weighted by Crippen LogP contribution is -2.49. The number of nitrogen functional groups attached to an aromatic ring is 1. The molecule has 2 saturated heterocycles. The molecule has 1 spiro atoms. The first-order valence-corrected chi connectivity index (χ1v) is 18.8. The van der Waals surface area contributed by atoms with Crippen LogP contribution < -0.4 is 16.0 Å². The smallest absolute Gasteiger partial charge is 0.410 e. The van der Waals surface area contributed by atoms with Crippen LogP contribution in [-0.2, 0) is 9.16 Å². The highest BCUT2D eigenvalue weighted by molar-refractivity contribution is 6.74. The topological polar surface area (TPSA) is 80.1 Å². The van der Waals surface area contributed by atoms with Crippen molar-refractivity contribution in [3.63, 3.8) is 0 Å². The molecule has 3 N–H and O–H groups in total. The largest absolute Gasteiger partial charge is 0.444 e. The Morgan fingerprint density at radius 2 is 1.63 bits per heavy atom. The zero-order valence-corrected chi connectivity index (χ0v) is 28.9. The van der Waals surface area contributed by atoms with Crippen LogP contribution in [0, 0.1) is 18.3 Å². The maximum Gasteiger partial charge on any atom is 0.410 e.